The van der Waals surface area contributed by atoms with Gasteiger partial charge in [0, 0.05) is 5.56 Å². The molecule has 0 amide bonds. The molecule has 80 valence electrons. The van der Waals surface area contributed by atoms with Crippen LogP contribution >= 0.6 is 0 Å². The Labute approximate surface area is 90.6 Å². The zero-order chi connectivity index (χ0) is 11.3. The molecule has 0 aromatic heterocycles. The van der Waals surface area contributed by atoms with E-state index in [0.29, 0.717) is 5.92 Å². The maximum absolute atomic E-state index is 10.6. The number of aldehydes is 1. The maximum atomic E-state index is 10.6. The van der Waals surface area contributed by atoms with Crippen LogP contribution < -0.4 is 4.74 Å². The third-order valence-corrected chi connectivity index (χ3v) is 2.29. The van der Waals surface area contributed by atoms with Gasteiger partial charge >= 0.3 is 0 Å². The van der Waals surface area contributed by atoms with E-state index in [-0.39, 0.29) is 0 Å². The molecule has 1 aromatic carbocycles. The Hall–Kier alpha value is -1.57. The molecule has 0 heterocycles. The number of para-hydroxylation sites is 1. The number of hydrogen-bond donors (Lipinski definition) is 0. The molecule has 0 unspecified atom stereocenters. The van der Waals surface area contributed by atoms with Crippen molar-refractivity contribution in [2.75, 3.05) is 7.11 Å². The van der Waals surface area contributed by atoms with Crippen LogP contribution in [0.3, 0.4) is 0 Å². The summed E-state index contributed by atoms with van der Waals surface area (Å²) in [7, 11) is 1.64. The van der Waals surface area contributed by atoms with Gasteiger partial charge in [-0.25, -0.2) is 0 Å². The minimum Gasteiger partial charge on any atom is -0.496 e. The summed E-state index contributed by atoms with van der Waals surface area (Å²) in [5, 5.41) is 0. The lowest BCUT2D eigenvalue weighted by Crippen LogP contribution is -1.97. The van der Waals surface area contributed by atoms with E-state index in [1.807, 2.05) is 24.3 Å². The van der Waals surface area contributed by atoms with Crippen LogP contribution in [0.15, 0.2) is 30.3 Å². The van der Waals surface area contributed by atoms with E-state index in [9.17, 15) is 4.79 Å². The summed E-state index contributed by atoms with van der Waals surface area (Å²) in [5.74, 6) is 1.10. The molecule has 1 rings (SSSR count). The Kier molecular flexibility index (Phi) is 4.10. The minimum absolute atomic E-state index is 0.298. The number of ether oxygens (including phenoxy) is 1. The fourth-order valence-corrected chi connectivity index (χ4v) is 1.55. The van der Waals surface area contributed by atoms with E-state index in [1.165, 1.54) is 0 Å². The Morgan fingerprint density at radius 3 is 2.53 bits per heavy atom. The van der Waals surface area contributed by atoms with E-state index in [2.05, 4.69) is 13.8 Å². The molecule has 0 aliphatic carbocycles. The van der Waals surface area contributed by atoms with Gasteiger partial charge in [-0.15, -0.1) is 0 Å². The second-order valence-corrected chi connectivity index (χ2v) is 3.61. The van der Waals surface area contributed by atoms with Crippen molar-refractivity contribution in [2.24, 2.45) is 5.92 Å². The molecular formula is C13H16O2. The lowest BCUT2D eigenvalue weighted by Gasteiger charge is -2.14. The molecule has 2 nitrogen and oxygen atoms in total. The molecule has 0 bridgehead atoms. The lowest BCUT2D eigenvalue weighted by atomic mass is 9.94. The Bertz CT molecular complexity index is 365. The fourth-order valence-electron chi connectivity index (χ4n) is 1.55. The van der Waals surface area contributed by atoms with Gasteiger partial charge in [0.15, 0.2) is 0 Å². The Balaban J connectivity index is 3.22. The van der Waals surface area contributed by atoms with Gasteiger partial charge in [0.05, 0.1) is 7.11 Å². The number of methoxy groups -OCH3 is 1. The van der Waals surface area contributed by atoms with Crippen LogP contribution in [-0.4, -0.2) is 13.4 Å². The van der Waals surface area contributed by atoms with Gasteiger partial charge in [-0.3, -0.25) is 4.79 Å². The third kappa shape index (κ3) is 2.69. The fraction of sp³-hybridized carbons (Fsp3) is 0.308. The van der Waals surface area contributed by atoms with Crippen molar-refractivity contribution in [1.29, 1.82) is 0 Å². The van der Waals surface area contributed by atoms with Crippen LogP contribution in [0.4, 0.5) is 0 Å². The molecule has 0 spiro atoms. The third-order valence-electron chi connectivity index (χ3n) is 2.29. The van der Waals surface area contributed by atoms with Crippen LogP contribution in [0.2, 0.25) is 0 Å². The molecule has 0 N–H and O–H groups in total. The van der Waals surface area contributed by atoms with Gasteiger partial charge in [0.2, 0.25) is 0 Å². The molecule has 0 saturated carbocycles. The quantitative estimate of drug-likeness (QED) is 0.556. The first-order valence-corrected chi connectivity index (χ1v) is 4.99. The highest BCUT2D eigenvalue weighted by Gasteiger charge is 2.10. The molecule has 0 radical (unpaired) electrons. The summed E-state index contributed by atoms with van der Waals surface area (Å²) in [4.78, 5) is 10.6. The summed E-state index contributed by atoms with van der Waals surface area (Å²) < 4.78 is 5.27. The second-order valence-electron chi connectivity index (χ2n) is 3.61. The highest BCUT2D eigenvalue weighted by atomic mass is 16.5. The van der Waals surface area contributed by atoms with Crippen molar-refractivity contribution in [3.8, 4) is 5.75 Å². The zero-order valence-corrected chi connectivity index (χ0v) is 9.36. The van der Waals surface area contributed by atoms with Gasteiger partial charge in [-0.05, 0) is 23.6 Å². The summed E-state index contributed by atoms with van der Waals surface area (Å²) in [5.41, 5.74) is 1.99. The average molecular weight is 204 g/mol. The van der Waals surface area contributed by atoms with Crippen molar-refractivity contribution in [1.82, 2.24) is 0 Å². The zero-order valence-electron chi connectivity index (χ0n) is 9.36. The summed E-state index contributed by atoms with van der Waals surface area (Å²) in [6, 6.07) is 7.73. The van der Waals surface area contributed by atoms with Gasteiger partial charge in [-0.2, -0.15) is 0 Å². The first-order chi connectivity index (χ1) is 7.20. The summed E-state index contributed by atoms with van der Waals surface area (Å²) in [6.45, 7) is 4.11. The number of carbonyl (C=O) groups is 1. The number of allylic oxidation sites excluding steroid dienone is 2. The molecule has 0 atom stereocenters. The van der Waals surface area contributed by atoms with Crippen molar-refractivity contribution >= 4 is 11.9 Å². The molecular weight excluding hydrogens is 188 g/mol. The van der Waals surface area contributed by atoms with Gasteiger partial charge in [0.25, 0.3) is 0 Å². The molecule has 0 fully saturated rings. The monoisotopic (exact) mass is 204 g/mol. The van der Waals surface area contributed by atoms with Crippen molar-refractivity contribution in [2.45, 2.75) is 13.8 Å². The van der Waals surface area contributed by atoms with E-state index >= 15 is 0 Å². The van der Waals surface area contributed by atoms with Crippen LogP contribution in [-0.2, 0) is 4.79 Å². The van der Waals surface area contributed by atoms with E-state index < -0.39 is 0 Å². The highest BCUT2D eigenvalue weighted by molar-refractivity contribution is 5.84. The topological polar surface area (TPSA) is 26.3 Å². The smallest absolute Gasteiger partial charge is 0.143 e. The van der Waals surface area contributed by atoms with Crippen LogP contribution in [0, 0.1) is 5.92 Å². The standard InChI is InChI=1S/C13H16O2/c1-10(2)11(8-9-14)12-6-4-5-7-13(12)15-3/h4-10H,1-3H3/b11-8-. The van der Waals surface area contributed by atoms with E-state index in [0.717, 1.165) is 23.2 Å². The van der Waals surface area contributed by atoms with Crippen molar-refractivity contribution in [3.63, 3.8) is 0 Å². The van der Waals surface area contributed by atoms with Crippen molar-refractivity contribution in [3.05, 3.63) is 35.9 Å². The highest BCUT2D eigenvalue weighted by Crippen LogP contribution is 2.30. The molecule has 0 aliphatic rings. The predicted octanol–water partition coefficient (Wildman–Crippen LogP) is 2.93. The number of rotatable bonds is 4. The Morgan fingerprint density at radius 2 is 2.00 bits per heavy atom. The number of carbonyl (C=O) groups excluding carboxylic acids is 1. The van der Waals surface area contributed by atoms with E-state index in [4.69, 9.17) is 4.74 Å². The number of hydrogen-bond acceptors (Lipinski definition) is 2. The normalized spacial score (nSPS) is 11.6. The van der Waals surface area contributed by atoms with Crippen molar-refractivity contribution < 1.29 is 9.53 Å². The molecule has 2 heteroatoms. The molecule has 0 aliphatic heterocycles. The van der Waals surface area contributed by atoms with E-state index in [1.54, 1.807) is 13.2 Å². The summed E-state index contributed by atoms with van der Waals surface area (Å²) in [6.07, 6.45) is 2.42. The molecule has 1 aromatic rings. The maximum Gasteiger partial charge on any atom is 0.143 e. The predicted molar refractivity (Wildman–Crippen MR) is 61.9 cm³/mol. The average Bonchev–Trinajstić information content (AvgIpc) is 2.25. The first kappa shape index (κ1) is 11.5. The van der Waals surface area contributed by atoms with Gasteiger partial charge in [0.1, 0.15) is 12.0 Å². The largest absolute Gasteiger partial charge is 0.496 e. The SMILES string of the molecule is COc1ccccc1/C(=C\C=O)C(C)C. The summed E-state index contributed by atoms with van der Waals surface area (Å²) >= 11 is 0. The van der Waals surface area contributed by atoms with Crippen LogP contribution in [0.1, 0.15) is 19.4 Å². The first-order valence-electron chi connectivity index (χ1n) is 4.99. The molecule has 0 saturated heterocycles. The van der Waals surface area contributed by atoms with Gasteiger partial charge in [-0.1, -0.05) is 32.0 Å². The number of benzene rings is 1. The molecule has 15 heavy (non-hydrogen) atoms. The van der Waals surface area contributed by atoms with Crippen LogP contribution in [0.5, 0.6) is 5.75 Å². The Morgan fingerprint density at radius 1 is 1.33 bits per heavy atom. The lowest BCUT2D eigenvalue weighted by molar-refractivity contribution is -0.104. The van der Waals surface area contributed by atoms with Gasteiger partial charge < -0.3 is 4.74 Å². The second kappa shape index (κ2) is 5.35. The van der Waals surface area contributed by atoms with Crippen LogP contribution in [0.25, 0.3) is 5.57 Å². The minimum atomic E-state index is 0.298.